The Labute approximate surface area is 177 Å². The van der Waals surface area contributed by atoms with E-state index in [2.05, 4.69) is 10.1 Å². The molecule has 0 unspecified atom stereocenters. The fraction of sp³-hybridized carbons (Fsp3) is 0.318. The number of halogens is 3. The highest BCUT2D eigenvalue weighted by Crippen LogP contribution is 2.32. The Morgan fingerprint density at radius 3 is 2.52 bits per heavy atom. The molecule has 0 atom stereocenters. The molecule has 3 heterocycles. The first-order chi connectivity index (χ1) is 14.7. The molecule has 0 saturated carbocycles. The molecule has 1 aliphatic rings. The third kappa shape index (κ3) is 3.99. The van der Waals surface area contributed by atoms with Crippen molar-refractivity contribution in [2.45, 2.75) is 32.9 Å². The van der Waals surface area contributed by atoms with Gasteiger partial charge in [0.05, 0.1) is 35.8 Å². The number of aryl methyl sites for hydroxylation is 1. The Bertz CT molecular complexity index is 1140. The van der Waals surface area contributed by atoms with Crippen molar-refractivity contribution in [3.8, 4) is 17.0 Å². The maximum Gasteiger partial charge on any atom is 0.255 e. The zero-order valence-corrected chi connectivity index (χ0v) is 17.3. The summed E-state index contributed by atoms with van der Waals surface area (Å²) in [5, 5.41) is 4.44. The van der Waals surface area contributed by atoms with Gasteiger partial charge < -0.3 is 9.64 Å². The second-order valence-electron chi connectivity index (χ2n) is 7.70. The number of benzene rings is 1. The van der Waals surface area contributed by atoms with Gasteiger partial charge in [0.25, 0.3) is 5.91 Å². The van der Waals surface area contributed by atoms with Crippen LogP contribution in [-0.2, 0) is 20.0 Å². The monoisotopic (exact) mass is 430 g/mol. The van der Waals surface area contributed by atoms with Crippen molar-refractivity contribution in [3.05, 3.63) is 64.9 Å². The molecule has 0 saturated heterocycles. The fourth-order valence-electron chi connectivity index (χ4n) is 3.80. The van der Waals surface area contributed by atoms with E-state index in [0.717, 1.165) is 17.7 Å². The molecule has 0 bridgehead atoms. The van der Waals surface area contributed by atoms with Gasteiger partial charge in [-0.1, -0.05) is 0 Å². The minimum atomic E-state index is -1.51. The molecule has 0 spiro atoms. The molecule has 6 nitrogen and oxygen atoms in total. The topological polar surface area (TPSA) is 60.2 Å². The Morgan fingerprint density at radius 2 is 1.84 bits per heavy atom. The average molecular weight is 430 g/mol. The van der Waals surface area contributed by atoms with Crippen LogP contribution < -0.4 is 4.74 Å². The van der Waals surface area contributed by atoms with Crippen molar-refractivity contribution in [2.75, 3.05) is 6.54 Å². The normalized spacial score (nSPS) is 13.5. The summed E-state index contributed by atoms with van der Waals surface area (Å²) in [6, 6.07) is 3.57. The third-order valence-electron chi connectivity index (χ3n) is 5.08. The zero-order chi connectivity index (χ0) is 22.3. The minimum Gasteiger partial charge on any atom is -0.489 e. The average Bonchev–Trinajstić information content (AvgIpc) is 3.05. The zero-order valence-electron chi connectivity index (χ0n) is 17.3. The fourth-order valence-corrected chi connectivity index (χ4v) is 3.80. The highest BCUT2D eigenvalue weighted by atomic mass is 19.2. The lowest BCUT2D eigenvalue weighted by Crippen LogP contribution is -2.36. The van der Waals surface area contributed by atoms with Crippen LogP contribution in [0, 0.1) is 17.5 Å². The summed E-state index contributed by atoms with van der Waals surface area (Å²) in [6.45, 7) is 4.41. The number of amides is 1. The molecule has 0 fully saturated rings. The quantitative estimate of drug-likeness (QED) is 0.590. The van der Waals surface area contributed by atoms with E-state index < -0.39 is 17.5 Å². The van der Waals surface area contributed by atoms with E-state index in [9.17, 15) is 18.0 Å². The number of hydrogen-bond donors (Lipinski definition) is 0. The van der Waals surface area contributed by atoms with Crippen LogP contribution in [0.1, 0.15) is 35.5 Å². The van der Waals surface area contributed by atoms with Crippen molar-refractivity contribution in [2.24, 2.45) is 7.05 Å². The van der Waals surface area contributed by atoms with Crippen LogP contribution in [0.15, 0.2) is 30.6 Å². The summed E-state index contributed by atoms with van der Waals surface area (Å²) in [7, 11) is 1.65. The standard InChI is InChI=1S/C22H21F3N4O2/c1-12(2)31-15-6-14(9-26-10-15)22(30)29-5-4-16-19(11-29)27-28(3)21(16)13-7-17(23)20(25)18(24)8-13/h6-10,12H,4-5,11H2,1-3H3. The van der Waals surface area contributed by atoms with Crippen LogP contribution in [0.25, 0.3) is 11.3 Å². The van der Waals surface area contributed by atoms with Crippen LogP contribution in [0.5, 0.6) is 5.75 Å². The van der Waals surface area contributed by atoms with E-state index in [4.69, 9.17) is 4.74 Å². The van der Waals surface area contributed by atoms with Crippen molar-refractivity contribution in [1.82, 2.24) is 19.7 Å². The Balaban J connectivity index is 1.61. The molecule has 1 amide bonds. The van der Waals surface area contributed by atoms with Gasteiger partial charge in [-0.15, -0.1) is 0 Å². The number of nitrogens with zero attached hydrogens (tertiary/aromatic N) is 4. The van der Waals surface area contributed by atoms with Crippen molar-refractivity contribution >= 4 is 5.91 Å². The SMILES string of the molecule is CC(C)Oc1cncc(C(=O)N2CCc3c(nn(C)c3-c3cc(F)c(F)c(F)c3)C2)c1. The Morgan fingerprint density at radius 1 is 1.13 bits per heavy atom. The predicted octanol–water partition coefficient (Wildman–Crippen LogP) is 3.89. The number of aromatic nitrogens is 3. The molecule has 0 N–H and O–H groups in total. The molecule has 0 radical (unpaired) electrons. The first-order valence-electron chi connectivity index (χ1n) is 9.85. The van der Waals surface area contributed by atoms with Crippen LogP contribution in [0.4, 0.5) is 13.2 Å². The van der Waals surface area contributed by atoms with Crippen LogP contribution in [0.3, 0.4) is 0 Å². The summed E-state index contributed by atoms with van der Waals surface area (Å²) in [4.78, 5) is 18.7. The number of carbonyl (C=O) groups excluding carboxylic acids is 1. The maximum atomic E-state index is 13.7. The van der Waals surface area contributed by atoms with E-state index in [1.807, 2.05) is 13.8 Å². The number of ether oxygens (including phenoxy) is 1. The number of carbonyl (C=O) groups is 1. The Hall–Kier alpha value is -3.36. The molecule has 162 valence electrons. The van der Waals surface area contributed by atoms with Gasteiger partial charge in [0.15, 0.2) is 17.5 Å². The second kappa shape index (κ2) is 8.05. The minimum absolute atomic E-state index is 0.0437. The number of fused-ring (bicyclic) bond motifs is 1. The van der Waals surface area contributed by atoms with Crippen molar-refractivity contribution in [1.29, 1.82) is 0 Å². The van der Waals surface area contributed by atoms with Gasteiger partial charge in [-0.05, 0) is 38.5 Å². The molecule has 9 heteroatoms. The summed E-state index contributed by atoms with van der Waals surface area (Å²) < 4.78 is 48.0. The smallest absolute Gasteiger partial charge is 0.255 e. The van der Waals surface area contributed by atoms with Gasteiger partial charge in [0.1, 0.15) is 5.75 Å². The lowest BCUT2D eigenvalue weighted by Gasteiger charge is -2.26. The second-order valence-corrected chi connectivity index (χ2v) is 7.70. The maximum absolute atomic E-state index is 13.7. The molecule has 2 aromatic heterocycles. The van der Waals surface area contributed by atoms with E-state index in [1.54, 1.807) is 24.2 Å². The number of hydrogen-bond acceptors (Lipinski definition) is 4. The van der Waals surface area contributed by atoms with Crippen LogP contribution >= 0.6 is 0 Å². The van der Waals surface area contributed by atoms with E-state index in [1.165, 1.54) is 10.9 Å². The van der Waals surface area contributed by atoms with E-state index >= 15 is 0 Å². The van der Waals surface area contributed by atoms with Crippen molar-refractivity contribution < 1.29 is 22.7 Å². The number of rotatable bonds is 4. The third-order valence-corrected chi connectivity index (χ3v) is 5.08. The van der Waals surface area contributed by atoms with Gasteiger partial charge in [0.2, 0.25) is 0 Å². The lowest BCUT2D eigenvalue weighted by molar-refractivity contribution is 0.0731. The summed E-state index contributed by atoms with van der Waals surface area (Å²) >= 11 is 0. The first-order valence-corrected chi connectivity index (χ1v) is 9.85. The highest BCUT2D eigenvalue weighted by Gasteiger charge is 2.28. The van der Waals surface area contributed by atoms with Crippen LogP contribution in [0.2, 0.25) is 0 Å². The molecular formula is C22H21F3N4O2. The lowest BCUT2D eigenvalue weighted by atomic mass is 9.99. The van der Waals surface area contributed by atoms with E-state index in [0.29, 0.717) is 35.7 Å². The summed E-state index contributed by atoms with van der Waals surface area (Å²) in [5.74, 6) is -3.71. The van der Waals surface area contributed by atoms with Gasteiger partial charge >= 0.3 is 0 Å². The van der Waals surface area contributed by atoms with Gasteiger partial charge in [-0.2, -0.15) is 5.10 Å². The highest BCUT2D eigenvalue weighted by molar-refractivity contribution is 5.94. The first kappa shape index (κ1) is 20.9. The molecule has 3 aromatic rings. The van der Waals surface area contributed by atoms with Gasteiger partial charge in [-0.3, -0.25) is 14.5 Å². The number of pyridine rings is 1. The molecule has 1 aromatic carbocycles. The molecule has 4 rings (SSSR count). The largest absolute Gasteiger partial charge is 0.489 e. The van der Waals surface area contributed by atoms with Gasteiger partial charge in [0, 0.05) is 30.9 Å². The molecule has 31 heavy (non-hydrogen) atoms. The Kier molecular flexibility index (Phi) is 5.43. The van der Waals surface area contributed by atoms with E-state index in [-0.39, 0.29) is 24.1 Å². The molecular weight excluding hydrogens is 409 g/mol. The van der Waals surface area contributed by atoms with Crippen molar-refractivity contribution in [3.63, 3.8) is 0 Å². The molecule has 0 aliphatic carbocycles. The van der Waals surface area contributed by atoms with Gasteiger partial charge in [-0.25, -0.2) is 13.2 Å². The summed E-state index contributed by atoms with van der Waals surface area (Å²) in [5.41, 5.74) is 2.53. The molecule has 1 aliphatic heterocycles. The summed E-state index contributed by atoms with van der Waals surface area (Å²) in [6.07, 6.45) is 3.44. The predicted molar refractivity (Wildman–Crippen MR) is 107 cm³/mol. The van der Waals surface area contributed by atoms with Crippen LogP contribution in [-0.4, -0.2) is 38.2 Å².